The van der Waals surface area contributed by atoms with Crippen LogP contribution in [0.5, 0.6) is 0 Å². The summed E-state index contributed by atoms with van der Waals surface area (Å²) in [6.45, 7) is 6.82. The van der Waals surface area contributed by atoms with Gasteiger partial charge in [-0.25, -0.2) is 4.98 Å². The molecule has 4 rings (SSSR count). The summed E-state index contributed by atoms with van der Waals surface area (Å²) < 4.78 is 12.7. The van der Waals surface area contributed by atoms with E-state index in [1.54, 1.807) is 13.1 Å². The highest BCUT2D eigenvalue weighted by molar-refractivity contribution is 5.59. The van der Waals surface area contributed by atoms with Crippen molar-refractivity contribution in [3.63, 3.8) is 0 Å². The smallest absolute Gasteiger partial charge is 0.167 e. The maximum absolute atomic E-state index is 9.78. The van der Waals surface area contributed by atoms with E-state index in [0.29, 0.717) is 18.1 Å². The lowest BCUT2D eigenvalue weighted by Crippen LogP contribution is -2.36. The van der Waals surface area contributed by atoms with Gasteiger partial charge in [-0.05, 0) is 31.2 Å². The minimum atomic E-state index is -0.631. The summed E-state index contributed by atoms with van der Waals surface area (Å²) in [7, 11) is 0. The molecule has 1 N–H and O–H groups in total. The molecule has 0 bridgehead atoms. The van der Waals surface area contributed by atoms with E-state index in [2.05, 4.69) is 26.9 Å². The van der Waals surface area contributed by atoms with Crippen molar-refractivity contribution in [3.05, 3.63) is 59.8 Å². The molecule has 3 heterocycles. The van der Waals surface area contributed by atoms with Gasteiger partial charge in [-0.2, -0.15) is 0 Å². The van der Waals surface area contributed by atoms with Gasteiger partial charge in [-0.1, -0.05) is 17.0 Å². The van der Waals surface area contributed by atoms with Gasteiger partial charge < -0.3 is 18.9 Å². The highest BCUT2D eigenvalue weighted by Crippen LogP contribution is 2.22. The Labute approximate surface area is 176 Å². The maximum Gasteiger partial charge on any atom is 0.167 e. The van der Waals surface area contributed by atoms with E-state index in [-0.39, 0.29) is 0 Å². The molecule has 1 aliphatic rings. The van der Waals surface area contributed by atoms with Gasteiger partial charge in [-0.15, -0.1) is 0 Å². The Morgan fingerprint density at radius 3 is 2.77 bits per heavy atom. The van der Waals surface area contributed by atoms with E-state index < -0.39 is 6.10 Å². The summed E-state index contributed by atoms with van der Waals surface area (Å²) in [5, 5.41) is 13.9. The second-order valence-electron chi connectivity index (χ2n) is 7.35. The van der Waals surface area contributed by atoms with Crippen LogP contribution in [0.1, 0.15) is 36.5 Å². The number of ether oxygens (including phenoxy) is 1. The van der Waals surface area contributed by atoms with Crippen LogP contribution in [-0.2, 0) is 11.3 Å². The number of aliphatic hydroxyl groups is 1. The Hall–Kier alpha value is -2.92. The molecule has 0 amide bonds. The third-order valence-electron chi connectivity index (χ3n) is 5.07. The van der Waals surface area contributed by atoms with Crippen molar-refractivity contribution in [1.82, 2.24) is 19.6 Å². The summed E-state index contributed by atoms with van der Waals surface area (Å²) in [6.07, 6.45) is 3.72. The van der Waals surface area contributed by atoms with Gasteiger partial charge in [0.1, 0.15) is 17.6 Å². The highest BCUT2D eigenvalue weighted by Gasteiger charge is 2.12. The number of imidazole rings is 1. The number of rotatable bonds is 6. The molecule has 0 spiro atoms. The number of morpholine rings is 1. The van der Waals surface area contributed by atoms with Gasteiger partial charge in [0.15, 0.2) is 5.76 Å². The standard InChI is InChI=1S/C23H26N4O3/c1-18(28)23-24-9-11-27(23)17-21-16-22(30-25-21)20-7-5-19(6-8-20)4-2-3-10-26-12-14-29-15-13-26/h5-9,11,16,18,28H,3,10,12-15,17H2,1H3. The summed E-state index contributed by atoms with van der Waals surface area (Å²) in [4.78, 5) is 6.56. The average Bonchev–Trinajstić information content (AvgIpc) is 3.43. The predicted octanol–water partition coefficient (Wildman–Crippen LogP) is 2.71. The molecule has 1 aromatic carbocycles. The first-order valence-corrected chi connectivity index (χ1v) is 10.2. The van der Waals surface area contributed by atoms with Crippen LogP contribution >= 0.6 is 0 Å². The molecule has 1 aliphatic heterocycles. The third kappa shape index (κ3) is 5.16. The lowest BCUT2D eigenvalue weighted by molar-refractivity contribution is 0.0390. The zero-order valence-corrected chi connectivity index (χ0v) is 17.1. The van der Waals surface area contributed by atoms with Gasteiger partial charge in [0.2, 0.25) is 0 Å². The van der Waals surface area contributed by atoms with E-state index in [0.717, 1.165) is 56.1 Å². The molecule has 1 fully saturated rings. The topological polar surface area (TPSA) is 76.6 Å². The molecule has 1 unspecified atom stereocenters. The molecule has 7 nitrogen and oxygen atoms in total. The SMILES string of the molecule is CC(O)c1nccn1Cc1cc(-c2ccc(C#CCCN3CCOCC3)cc2)on1. The zero-order chi connectivity index (χ0) is 20.8. The van der Waals surface area contributed by atoms with Crippen LogP contribution in [0.4, 0.5) is 0 Å². The monoisotopic (exact) mass is 406 g/mol. The Kier molecular flexibility index (Phi) is 6.60. The van der Waals surface area contributed by atoms with E-state index in [1.165, 1.54) is 0 Å². The van der Waals surface area contributed by atoms with Crippen molar-refractivity contribution in [2.45, 2.75) is 26.0 Å². The number of aliphatic hydroxyl groups excluding tert-OH is 1. The molecule has 2 aromatic heterocycles. The van der Waals surface area contributed by atoms with E-state index >= 15 is 0 Å². The average molecular weight is 406 g/mol. The lowest BCUT2D eigenvalue weighted by Gasteiger charge is -2.25. The quantitative estimate of drug-likeness (QED) is 0.635. The summed E-state index contributed by atoms with van der Waals surface area (Å²) in [6, 6.07) is 9.90. The summed E-state index contributed by atoms with van der Waals surface area (Å²) in [5.41, 5.74) is 2.71. The number of hydrogen-bond acceptors (Lipinski definition) is 6. The first kappa shape index (κ1) is 20.4. The highest BCUT2D eigenvalue weighted by atomic mass is 16.5. The molecule has 30 heavy (non-hydrogen) atoms. The largest absolute Gasteiger partial charge is 0.385 e. The lowest BCUT2D eigenvalue weighted by atomic mass is 10.1. The fraction of sp³-hybridized carbons (Fsp3) is 0.391. The van der Waals surface area contributed by atoms with Crippen molar-refractivity contribution >= 4 is 0 Å². The minimum absolute atomic E-state index is 0.496. The fourth-order valence-corrected chi connectivity index (χ4v) is 3.44. The van der Waals surface area contributed by atoms with Gasteiger partial charge >= 0.3 is 0 Å². The Morgan fingerprint density at radius 2 is 2.00 bits per heavy atom. The molecular weight excluding hydrogens is 380 g/mol. The van der Waals surface area contributed by atoms with Crippen molar-refractivity contribution in [2.75, 3.05) is 32.8 Å². The third-order valence-corrected chi connectivity index (χ3v) is 5.07. The second-order valence-corrected chi connectivity index (χ2v) is 7.35. The molecule has 1 saturated heterocycles. The van der Waals surface area contributed by atoms with Crippen LogP contribution in [0.2, 0.25) is 0 Å². The number of nitrogens with zero attached hydrogens (tertiary/aromatic N) is 4. The van der Waals surface area contributed by atoms with Gasteiger partial charge in [0.05, 0.1) is 19.8 Å². The molecular formula is C23H26N4O3. The summed E-state index contributed by atoms with van der Waals surface area (Å²) >= 11 is 0. The predicted molar refractivity (Wildman–Crippen MR) is 113 cm³/mol. The van der Waals surface area contributed by atoms with Crippen molar-refractivity contribution in [2.24, 2.45) is 0 Å². The molecule has 156 valence electrons. The fourth-order valence-electron chi connectivity index (χ4n) is 3.44. The number of benzene rings is 1. The van der Waals surface area contributed by atoms with Crippen molar-refractivity contribution in [3.8, 4) is 23.2 Å². The second kappa shape index (κ2) is 9.72. The van der Waals surface area contributed by atoms with Gasteiger partial charge in [0.25, 0.3) is 0 Å². The van der Waals surface area contributed by atoms with Gasteiger partial charge in [0, 0.05) is 55.6 Å². The molecule has 7 heteroatoms. The van der Waals surface area contributed by atoms with Crippen LogP contribution in [0.3, 0.4) is 0 Å². The van der Waals surface area contributed by atoms with Crippen molar-refractivity contribution in [1.29, 1.82) is 0 Å². The van der Waals surface area contributed by atoms with Crippen LogP contribution < -0.4 is 0 Å². The van der Waals surface area contributed by atoms with Gasteiger partial charge in [-0.3, -0.25) is 4.90 Å². The minimum Gasteiger partial charge on any atom is -0.385 e. The van der Waals surface area contributed by atoms with Crippen LogP contribution in [0.15, 0.2) is 47.2 Å². The number of hydrogen-bond donors (Lipinski definition) is 1. The molecule has 1 atom stereocenters. The Morgan fingerprint density at radius 1 is 1.20 bits per heavy atom. The van der Waals surface area contributed by atoms with E-state index in [4.69, 9.17) is 9.26 Å². The normalized spacial score (nSPS) is 15.5. The molecule has 0 saturated carbocycles. The molecule has 0 radical (unpaired) electrons. The maximum atomic E-state index is 9.78. The Bertz CT molecular complexity index is 1000. The first-order chi connectivity index (χ1) is 14.7. The van der Waals surface area contributed by atoms with Crippen LogP contribution in [0, 0.1) is 11.8 Å². The van der Waals surface area contributed by atoms with E-state index in [9.17, 15) is 5.11 Å². The van der Waals surface area contributed by atoms with Crippen LogP contribution in [-0.4, -0.2) is 57.6 Å². The molecule has 3 aromatic rings. The summed E-state index contributed by atoms with van der Waals surface area (Å²) in [5.74, 6) is 7.79. The Balaban J connectivity index is 1.34. The first-order valence-electron chi connectivity index (χ1n) is 10.2. The van der Waals surface area contributed by atoms with Crippen molar-refractivity contribution < 1.29 is 14.4 Å². The zero-order valence-electron chi connectivity index (χ0n) is 17.1. The van der Waals surface area contributed by atoms with E-state index in [1.807, 2.05) is 41.1 Å². The van der Waals surface area contributed by atoms with Crippen LogP contribution in [0.25, 0.3) is 11.3 Å². The molecule has 0 aliphatic carbocycles. The number of aromatic nitrogens is 3.